The van der Waals surface area contributed by atoms with E-state index in [4.69, 9.17) is 37.7 Å². The molecule has 4 rings (SSSR count). The second kappa shape index (κ2) is 12.6. The van der Waals surface area contributed by atoms with Gasteiger partial charge in [-0.2, -0.15) is 0 Å². The molecule has 2 aromatic carbocycles. The molecule has 3 aromatic rings. The molecule has 1 saturated heterocycles. The molecule has 0 aliphatic carbocycles. The maximum absolute atomic E-state index is 13.8. The lowest BCUT2D eigenvalue weighted by Crippen LogP contribution is -2.37. The van der Waals surface area contributed by atoms with Crippen molar-refractivity contribution in [1.82, 2.24) is 10.1 Å². The number of hydrogen-bond acceptors (Lipinski definition) is 10. The molecule has 1 fully saturated rings. The van der Waals surface area contributed by atoms with Gasteiger partial charge in [0.1, 0.15) is 5.69 Å². The Hall–Kier alpha value is -4.12. The fraction of sp³-hybridized carbons (Fsp3) is 0.429. The lowest BCUT2D eigenvalue weighted by Gasteiger charge is -2.25. The largest absolute Gasteiger partial charge is 0.493 e. The molecule has 1 aliphatic rings. The number of benzene rings is 2. The third kappa shape index (κ3) is 5.98. The average molecular weight is 543 g/mol. The van der Waals surface area contributed by atoms with Crippen molar-refractivity contribution >= 4 is 5.91 Å². The molecule has 1 aliphatic heterocycles. The molecule has 1 amide bonds. The van der Waals surface area contributed by atoms with Crippen LogP contribution in [0.25, 0.3) is 11.3 Å². The lowest BCUT2D eigenvalue weighted by molar-refractivity contribution is 0.0501. The summed E-state index contributed by atoms with van der Waals surface area (Å²) in [5, 5.41) is 4.24. The first-order chi connectivity index (χ1) is 19.0. The molecule has 11 heteroatoms. The van der Waals surface area contributed by atoms with Gasteiger partial charge < -0.3 is 42.6 Å². The normalized spacial score (nSPS) is 14.6. The number of ether oxygens (including phenoxy) is 7. The van der Waals surface area contributed by atoms with E-state index in [0.717, 1.165) is 12.8 Å². The minimum atomic E-state index is -0.234. The van der Waals surface area contributed by atoms with Crippen molar-refractivity contribution in [1.29, 1.82) is 0 Å². The van der Waals surface area contributed by atoms with Gasteiger partial charge in [-0.25, -0.2) is 0 Å². The summed E-state index contributed by atoms with van der Waals surface area (Å²) in [7, 11) is 9.17. The van der Waals surface area contributed by atoms with Gasteiger partial charge in [-0.05, 0) is 37.1 Å². The van der Waals surface area contributed by atoms with Crippen molar-refractivity contribution in [3.63, 3.8) is 0 Å². The van der Waals surface area contributed by atoms with Crippen LogP contribution in [0.1, 0.15) is 28.9 Å². The predicted molar refractivity (Wildman–Crippen MR) is 141 cm³/mol. The van der Waals surface area contributed by atoms with Crippen LogP contribution >= 0.6 is 0 Å². The molecular weight excluding hydrogens is 508 g/mol. The second-order valence-electron chi connectivity index (χ2n) is 8.83. The summed E-state index contributed by atoms with van der Waals surface area (Å²) in [5.74, 6) is 2.90. The van der Waals surface area contributed by atoms with E-state index in [1.165, 1.54) is 21.3 Å². The molecule has 2 heterocycles. The Morgan fingerprint density at radius 1 is 0.846 bits per heavy atom. The first-order valence-electron chi connectivity index (χ1n) is 12.4. The summed E-state index contributed by atoms with van der Waals surface area (Å²) in [5.41, 5.74) is 1.64. The highest BCUT2D eigenvalue weighted by molar-refractivity contribution is 5.95. The Bertz CT molecular complexity index is 1230. The molecular formula is C28H34N2O9. The Morgan fingerprint density at radius 2 is 1.41 bits per heavy atom. The van der Waals surface area contributed by atoms with Gasteiger partial charge >= 0.3 is 0 Å². The Balaban J connectivity index is 1.65. The van der Waals surface area contributed by atoms with Crippen LogP contribution in [0.15, 0.2) is 34.9 Å². The Morgan fingerprint density at radius 3 is 1.90 bits per heavy atom. The van der Waals surface area contributed by atoms with Gasteiger partial charge in [-0.1, -0.05) is 5.16 Å². The molecule has 0 radical (unpaired) electrons. The fourth-order valence-corrected chi connectivity index (χ4v) is 4.58. The average Bonchev–Trinajstić information content (AvgIpc) is 3.67. The molecule has 210 valence electrons. The lowest BCUT2D eigenvalue weighted by atomic mass is 10.1. The van der Waals surface area contributed by atoms with E-state index in [1.54, 1.807) is 56.6 Å². The third-order valence-electron chi connectivity index (χ3n) is 6.51. The predicted octanol–water partition coefficient (Wildman–Crippen LogP) is 4.21. The van der Waals surface area contributed by atoms with Crippen LogP contribution in [0.5, 0.6) is 34.5 Å². The van der Waals surface area contributed by atoms with Gasteiger partial charge in [0.2, 0.25) is 11.5 Å². The summed E-state index contributed by atoms with van der Waals surface area (Å²) >= 11 is 0. The molecule has 0 N–H and O–H groups in total. The van der Waals surface area contributed by atoms with Gasteiger partial charge in [0, 0.05) is 30.3 Å². The van der Waals surface area contributed by atoms with E-state index in [-0.39, 0.29) is 18.6 Å². The van der Waals surface area contributed by atoms with E-state index in [0.29, 0.717) is 70.2 Å². The quantitative estimate of drug-likeness (QED) is 0.330. The topological polar surface area (TPSA) is 111 Å². The number of hydrogen-bond donors (Lipinski definition) is 0. The molecule has 1 aromatic heterocycles. The van der Waals surface area contributed by atoms with Gasteiger partial charge in [0.15, 0.2) is 28.8 Å². The third-order valence-corrected chi connectivity index (χ3v) is 6.51. The van der Waals surface area contributed by atoms with E-state index in [2.05, 4.69) is 5.16 Å². The first-order valence-corrected chi connectivity index (χ1v) is 12.4. The van der Waals surface area contributed by atoms with E-state index < -0.39 is 0 Å². The van der Waals surface area contributed by atoms with Crippen molar-refractivity contribution in [2.24, 2.45) is 0 Å². The number of aromatic nitrogens is 1. The first kappa shape index (κ1) is 27.9. The van der Waals surface area contributed by atoms with Crippen LogP contribution < -0.4 is 28.4 Å². The van der Waals surface area contributed by atoms with Crippen LogP contribution in [0, 0.1) is 0 Å². The van der Waals surface area contributed by atoms with E-state index in [1.807, 2.05) is 0 Å². The zero-order valence-corrected chi connectivity index (χ0v) is 23.1. The highest BCUT2D eigenvalue weighted by atomic mass is 16.5. The highest BCUT2D eigenvalue weighted by Gasteiger charge is 2.27. The molecule has 11 nitrogen and oxygen atoms in total. The number of carbonyl (C=O) groups is 1. The minimum Gasteiger partial charge on any atom is -0.493 e. The van der Waals surface area contributed by atoms with Gasteiger partial charge in [0.25, 0.3) is 5.91 Å². The summed E-state index contributed by atoms with van der Waals surface area (Å²) in [4.78, 5) is 15.5. The van der Waals surface area contributed by atoms with Crippen molar-refractivity contribution in [3.05, 3.63) is 41.6 Å². The fourth-order valence-electron chi connectivity index (χ4n) is 4.58. The summed E-state index contributed by atoms with van der Waals surface area (Å²) in [6.07, 6.45) is 1.75. The zero-order valence-electron chi connectivity index (χ0n) is 23.1. The van der Waals surface area contributed by atoms with Gasteiger partial charge in [-0.3, -0.25) is 4.79 Å². The summed E-state index contributed by atoms with van der Waals surface area (Å²) < 4.78 is 44.1. The van der Waals surface area contributed by atoms with E-state index >= 15 is 0 Å². The maximum Gasteiger partial charge on any atom is 0.254 e. The number of carbonyl (C=O) groups excluding carboxylic acids is 1. The van der Waals surface area contributed by atoms with Gasteiger partial charge in [-0.15, -0.1) is 0 Å². The number of rotatable bonds is 12. The van der Waals surface area contributed by atoms with Crippen molar-refractivity contribution < 1.29 is 42.5 Å². The molecule has 0 spiro atoms. The standard InChI is InChI=1S/C28H34N2O9/c1-32-22-10-17(11-23(33-2)26(22)36-5)21-14-19(29-39-21)15-30(16-20-8-7-9-38-20)28(31)18-12-24(34-3)27(37-6)25(13-18)35-4/h10-14,20H,7-9,15-16H2,1-6H3. The zero-order chi connectivity index (χ0) is 27.9. The Kier molecular flexibility index (Phi) is 9.03. The number of nitrogens with zero attached hydrogens (tertiary/aromatic N) is 2. The monoisotopic (exact) mass is 542 g/mol. The summed E-state index contributed by atoms with van der Waals surface area (Å²) in [6.45, 7) is 1.26. The molecule has 39 heavy (non-hydrogen) atoms. The maximum atomic E-state index is 13.8. The molecule has 1 unspecified atom stereocenters. The summed E-state index contributed by atoms with van der Waals surface area (Å²) in [6, 6.07) is 8.60. The molecule has 0 bridgehead atoms. The van der Waals surface area contributed by atoms with Crippen LogP contribution in [-0.2, 0) is 11.3 Å². The van der Waals surface area contributed by atoms with Crippen LogP contribution in [0.2, 0.25) is 0 Å². The molecule has 1 atom stereocenters. The van der Waals surface area contributed by atoms with Crippen molar-refractivity contribution in [2.45, 2.75) is 25.5 Å². The van der Waals surface area contributed by atoms with Crippen molar-refractivity contribution in [3.8, 4) is 45.8 Å². The van der Waals surface area contributed by atoms with Crippen molar-refractivity contribution in [2.75, 3.05) is 55.8 Å². The smallest absolute Gasteiger partial charge is 0.254 e. The second-order valence-corrected chi connectivity index (χ2v) is 8.83. The minimum absolute atomic E-state index is 0.0718. The number of amides is 1. The Labute approximate surface area is 227 Å². The number of methoxy groups -OCH3 is 6. The van der Waals surface area contributed by atoms with Crippen LogP contribution in [0.4, 0.5) is 0 Å². The van der Waals surface area contributed by atoms with Crippen LogP contribution in [0.3, 0.4) is 0 Å². The molecule has 0 saturated carbocycles. The highest BCUT2D eigenvalue weighted by Crippen LogP contribution is 2.41. The van der Waals surface area contributed by atoms with E-state index in [9.17, 15) is 4.79 Å². The van der Waals surface area contributed by atoms with Gasteiger partial charge in [0.05, 0.1) is 55.3 Å². The van der Waals surface area contributed by atoms with Crippen LogP contribution in [-0.4, -0.2) is 77.9 Å². The SMILES string of the molecule is COc1cc(C(=O)N(Cc2cc(-c3cc(OC)c(OC)c(OC)c3)on2)CC2CCCO2)cc(OC)c1OC.